The lowest BCUT2D eigenvalue weighted by Crippen LogP contribution is -1.95. The summed E-state index contributed by atoms with van der Waals surface area (Å²) < 4.78 is 0. The lowest BCUT2D eigenvalue weighted by atomic mass is 9.80. The van der Waals surface area contributed by atoms with Gasteiger partial charge < -0.3 is 0 Å². The molecule has 0 amide bonds. The molecule has 0 saturated heterocycles. The fourth-order valence-electron chi connectivity index (χ4n) is 13.1. The number of fused-ring (bicyclic) bond motifs is 9. The number of rotatable bonds is 5. The Bertz CT molecular complexity index is 4980. The van der Waals surface area contributed by atoms with E-state index < -0.39 is 0 Å². The van der Waals surface area contributed by atoms with Crippen molar-refractivity contribution in [3.63, 3.8) is 0 Å². The van der Waals surface area contributed by atoms with E-state index in [2.05, 4.69) is 267 Å². The average Bonchev–Trinajstić information content (AvgIpc) is 3.47. The monoisotopic (exact) mass is 932 g/mol. The summed E-state index contributed by atoms with van der Waals surface area (Å²) in [5, 5.41) is 25.2. The standard InChI is InChI=1S/C74H44/c1-5-24-55-45(16-1)20-11-30-59(55)49-36-37-63-50(38-49)39-51(60-31-12-21-46-17-2-6-25-56(46)60)42-68(63)72-64-28-9-10-29-65(64)74-70-44-53(62-33-14-23-48-19-4-8-27-58(48)62)41-54-40-52(61-32-13-22-47-18-3-7-26-57(47)61)43-69(71(54)70)66-34-15-35-67(72)73(66)74/h1-44H. The second kappa shape index (κ2) is 15.9. The van der Waals surface area contributed by atoms with Gasteiger partial charge >= 0.3 is 0 Å². The molecule has 0 heterocycles. The summed E-state index contributed by atoms with van der Waals surface area (Å²) >= 11 is 0. The molecule has 16 rings (SSSR count). The largest absolute Gasteiger partial charge is 0.0616 e. The van der Waals surface area contributed by atoms with Crippen LogP contribution in [-0.2, 0) is 0 Å². The van der Waals surface area contributed by atoms with Crippen molar-refractivity contribution in [2.24, 2.45) is 0 Å². The highest BCUT2D eigenvalue weighted by Gasteiger charge is 2.24. The molecule has 0 atom stereocenters. The van der Waals surface area contributed by atoms with Crippen molar-refractivity contribution >= 4 is 108 Å². The van der Waals surface area contributed by atoms with E-state index >= 15 is 0 Å². The molecule has 0 bridgehead atoms. The molecule has 0 fully saturated rings. The van der Waals surface area contributed by atoms with Crippen LogP contribution >= 0.6 is 0 Å². The Hall–Kier alpha value is -9.62. The highest BCUT2D eigenvalue weighted by atomic mass is 14.3. The molecule has 0 aromatic heterocycles. The van der Waals surface area contributed by atoms with Crippen LogP contribution in [0.2, 0.25) is 0 Å². The molecule has 0 heteroatoms. The van der Waals surface area contributed by atoms with Gasteiger partial charge in [0.05, 0.1) is 0 Å². The number of hydrogen-bond acceptors (Lipinski definition) is 0. The van der Waals surface area contributed by atoms with Crippen molar-refractivity contribution in [2.45, 2.75) is 0 Å². The topological polar surface area (TPSA) is 0 Å². The summed E-state index contributed by atoms with van der Waals surface area (Å²) in [6.45, 7) is 0. The Morgan fingerprint density at radius 3 is 1.05 bits per heavy atom. The lowest BCUT2D eigenvalue weighted by Gasteiger charge is -2.23. The third-order valence-electron chi connectivity index (χ3n) is 16.3. The van der Waals surface area contributed by atoms with Gasteiger partial charge in [-0.15, -0.1) is 0 Å². The Morgan fingerprint density at radius 1 is 0.149 bits per heavy atom. The van der Waals surface area contributed by atoms with E-state index in [1.54, 1.807) is 0 Å². The van der Waals surface area contributed by atoms with Crippen LogP contribution in [0.15, 0.2) is 267 Å². The van der Waals surface area contributed by atoms with Crippen LogP contribution in [0.25, 0.3) is 163 Å². The average molecular weight is 933 g/mol. The molecule has 74 heavy (non-hydrogen) atoms. The molecule has 0 N–H and O–H groups in total. The second-order valence-corrected chi connectivity index (χ2v) is 20.2. The minimum Gasteiger partial charge on any atom is -0.0616 e. The van der Waals surface area contributed by atoms with Gasteiger partial charge in [0, 0.05) is 0 Å². The normalized spacial score (nSPS) is 12.1. The summed E-state index contributed by atoms with van der Waals surface area (Å²) in [5.41, 5.74) is 12.3. The van der Waals surface area contributed by atoms with Crippen molar-refractivity contribution in [3.8, 4) is 55.6 Å². The summed E-state index contributed by atoms with van der Waals surface area (Å²) in [6, 6.07) is 100. The van der Waals surface area contributed by atoms with Gasteiger partial charge in [-0.2, -0.15) is 0 Å². The molecule has 0 spiro atoms. The van der Waals surface area contributed by atoms with E-state index in [1.807, 2.05) is 0 Å². The van der Waals surface area contributed by atoms with Crippen LogP contribution in [0.1, 0.15) is 0 Å². The molecular formula is C74H44. The summed E-state index contributed by atoms with van der Waals surface area (Å²) in [4.78, 5) is 0. The zero-order chi connectivity index (χ0) is 48.4. The Morgan fingerprint density at radius 2 is 0.500 bits per heavy atom. The van der Waals surface area contributed by atoms with Gasteiger partial charge in [0.25, 0.3) is 0 Å². The first-order valence-corrected chi connectivity index (χ1v) is 25.8. The van der Waals surface area contributed by atoms with Gasteiger partial charge in [0.15, 0.2) is 0 Å². The predicted octanol–water partition coefficient (Wildman–Crippen LogP) is 21.0. The molecule has 0 aliphatic carbocycles. The maximum Gasteiger partial charge on any atom is -0.00134 e. The van der Waals surface area contributed by atoms with Gasteiger partial charge in [-0.3, -0.25) is 0 Å². The molecule has 0 saturated carbocycles. The fraction of sp³-hybridized carbons (Fsp3) is 0. The van der Waals surface area contributed by atoms with E-state index in [4.69, 9.17) is 0 Å². The molecule has 0 aliphatic rings. The minimum absolute atomic E-state index is 1.21. The fourth-order valence-corrected chi connectivity index (χ4v) is 13.1. The van der Waals surface area contributed by atoms with Crippen LogP contribution < -0.4 is 0 Å². The van der Waals surface area contributed by atoms with E-state index in [-0.39, 0.29) is 0 Å². The van der Waals surface area contributed by atoms with E-state index in [1.165, 1.54) is 163 Å². The number of hydrogen-bond donors (Lipinski definition) is 0. The summed E-state index contributed by atoms with van der Waals surface area (Å²) in [7, 11) is 0. The third kappa shape index (κ3) is 6.09. The van der Waals surface area contributed by atoms with Gasteiger partial charge in [-0.25, -0.2) is 0 Å². The van der Waals surface area contributed by atoms with Gasteiger partial charge in [0.2, 0.25) is 0 Å². The molecule has 340 valence electrons. The Balaban J connectivity index is 1.06. The van der Waals surface area contributed by atoms with Crippen LogP contribution in [-0.4, -0.2) is 0 Å². The highest BCUT2D eigenvalue weighted by molar-refractivity contribution is 6.41. The van der Waals surface area contributed by atoms with E-state index in [0.29, 0.717) is 0 Å². The molecule has 0 unspecified atom stereocenters. The van der Waals surface area contributed by atoms with E-state index in [9.17, 15) is 0 Å². The van der Waals surface area contributed by atoms with Crippen molar-refractivity contribution in [3.05, 3.63) is 267 Å². The van der Waals surface area contributed by atoms with Crippen molar-refractivity contribution in [1.82, 2.24) is 0 Å². The van der Waals surface area contributed by atoms with E-state index in [0.717, 1.165) is 0 Å². The molecular weight excluding hydrogens is 889 g/mol. The lowest BCUT2D eigenvalue weighted by molar-refractivity contribution is 1.65. The van der Waals surface area contributed by atoms with Crippen molar-refractivity contribution in [2.75, 3.05) is 0 Å². The molecule has 16 aromatic carbocycles. The smallest absolute Gasteiger partial charge is 0.00134 e. The molecule has 16 aromatic rings. The Labute approximate surface area is 428 Å². The third-order valence-corrected chi connectivity index (χ3v) is 16.3. The Kier molecular flexibility index (Phi) is 8.84. The molecule has 0 radical (unpaired) electrons. The zero-order valence-corrected chi connectivity index (χ0v) is 40.4. The zero-order valence-electron chi connectivity index (χ0n) is 40.4. The summed E-state index contributed by atoms with van der Waals surface area (Å²) in [5.74, 6) is 0. The second-order valence-electron chi connectivity index (χ2n) is 20.2. The first-order valence-electron chi connectivity index (χ1n) is 25.8. The number of benzene rings is 16. The van der Waals surface area contributed by atoms with Crippen molar-refractivity contribution in [1.29, 1.82) is 0 Å². The quantitative estimate of drug-likeness (QED) is 0.119. The van der Waals surface area contributed by atoms with Crippen LogP contribution in [0.3, 0.4) is 0 Å². The molecule has 0 nitrogen and oxygen atoms in total. The SMILES string of the molecule is c1ccc2c(-c3ccc4c(-c5c6ccccc6c6c7cc(-c8cccc9ccccc89)cc8cc(-c9cccc%10ccccc9%10)cc(c9cccc5c96)c87)cc(-c5cccc6ccccc56)cc4c3)cccc2c1. The van der Waals surface area contributed by atoms with Crippen LogP contribution in [0.4, 0.5) is 0 Å². The molecule has 0 aliphatic heterocycles. The predicted molar refractivity (Wildman–Crippen MR) is 320 cm³/mol. The maximum atomic E-state index is 2.51. The summed E-state index contributed by atoms with van der Waals surface area (Å²) in [6.07, 6.45) is 0. The van der Waals surface area contributed by atoms with Gasteiger partial charge in [0.1, 0.15) is 0 Å². The van der Waals surface area contributed by atoms with Crippen LogP contribution in [0, 0.1) is 0 Å². The van der Waals surface area contributed by atoms with Crippen LogP contribution in [0.5, 0.6) is 0 Å². The minimum atomic E-state index is 1.21. The highest BCUT2D eigenvalue weighted by Crippen LogP contribution is 2.52. The van der Waals surface area contributed by atoms with Crippen molar-refractivity contribution < 1.29 is 0 Å². The first kappa shape index (κ1) is 41.0. The maximum absolute atomic E-state index is 2.51. The first-order chi connectivity index (χ1) is 36.7. The van der Waals surface area contributed by atoms with Gasteiger partial charge in [-0.1, -0.05) is 224 Å². The van der Waals surface area contributed by atoms with Gasteiger partial charge in [-0.05, 0) is 206 Å².